The zero-order valence-electron chi connectivity index (χ0n) is 16.3. The summed E-state index contributed by atoms with van der Waals surface area (Å²) in [5.41, 5.74) is 1.76. The van der Waals surface area contributed by atoms with Gasteiger partial charge < -0.3 is 14.4 Å². The van der Waals surface area contributed by atoms with Gasteiger partial charge in [0.15, 0.2) is 0 Å². The van der Waals surface area contributed by atoms with Crippen molar-refractivity contribution in [2.75, 3.05) is 45.8 Å². The molecule has 148 valence electrons. The minimum Gasteiger partial charge on any atom is -0.342 e. The van der Waals surface area contributed by atoms with E-state index in [0.717, 1.165) is 44.7 Å². The highest BCUT2D eigenvalue weighted by Gasteiger charge is 2.25. The molecule has 4 rings (SSSR count). The number of aromatic nitrogens is 1. The van der Waals surface area contributed by atoms with Crippen molar-refractivity contribution in [1.29, 1.82) is 0 Å². The molecule has 0 radical (unpaired) electrons. The highest BCUT2D eigenvalue weighted by atomic mass is 16.2. The van der Waals surface area contributed by atoms with E-state index in [2.05, 4.69) is 4.90 Å². The monoisotopic (exact) mass is 380 g/mol. The van der Waals surface area contributed by atoms with Crippen LogP contribution in [0.3, 0.4) is 0 Å². The molecule has 2 amide bonds. The fourth-order valence-corrected chi connectivity index (χ4v) is 4.01. The lowest BCUT2D eigenvalue weighted by Gasteiger charge is -2.36. The van der Waals surface area contributed by atoms with Crippen LogP contribution in [-0.2, 0) is 4.79 Å². The van der Waals surface area contributed by atoms with Crippen molar-refractivity contribution < 1.29 is 9.59 Å². The molecule has 0 N–H and O–H groups in total. The first-order valence-electron chi connectivity index (χ1n) is 10.2. The van der Waals surface area contributed by atoms with E-state index in [4.69, 9.17) is 0 Å². The average Bonchev–Trinajstić information content (AvgIpc) is 3.29. The molecule has 28 heavy (non-hydrogen) atoms. The van der Waals surface area contributed by atoms with E-state index >= 15 is 0 Å². The van der Waals surface area contributed by atoms with Crippen molar-refractivity contribution in [3.05, 3.63) is 54.4 Å². The molecule has 2 aromatic rings. The van der Waals surface area contributed by atoms with Gasteiger partial charge >= 0.3 is 0 Å². The van der Waals surface area contributed by atoms with Crippen LogP contribution in [0.1, 0.15) is 29.6 Å². The van der Waals surface area contributed by atoms with Gasteiger partial charge in [-0.15, -0.1) is 0 Å². The molecule has 0 bridgehead atoms. The summed E-state index contributed by atoms with van der Waals surface area (Å²) in [5.74, 6) is 0.307. The maximum atomic E-state index is 12.8. The molecule has 0 saturated carbocycles. The molecule has 6 nitrogen and oxygen atoms in total. The molecule has 3 heterocycles. The van der Waals surface area contributed by atoms with Gasteiger partial charge in [0.25, 0.3) is 5.91 Å². The van der Waals surface area contributed by atoms with Gasteiger partial charge in [-0.1, -0.05) is 0 Å². The predicted molar refractivity (Wildman–Crippen MR) is 109 cm³/mol. The molecule has 0 unspecified atom stereocenters. The molecule has 2 saturated heterocycles. The normalized spacial score (nSPS) is 18.3. The summed E-state index contributed by atoms with van der Waals surface area (Å²) in [7, 11) is 0. The van der Waals surface area contributed by atoms with Gasteiger partial charge in [0.2, 0.25) is 5.91 Å². The first-order chi connectivity index (χ1) is 13.7. The van der Waals surface area contributed by atoms with Gasteiger partial charge in [0.05, 0.1) is 6.54 Å². The number of benzene rings is 1. The Hall–Kier alpha value is -2.60. The topological polar surface area (TPSA) is 48.8 Å². The van der Waals surface area contributed by atoms with Gasteiger partial charge in [-0.05, 0) is 55.7 Å². The second-order valence-electron chi connectivity index (χ2n) is 7.65. The lowest BCUT2D eigenvalue weighted by Crippen LogP contribution is -2.52. The van der Waals surface area contributed by atoms with Crippen molar-refractivity contribution in [1.82, 2.24) is 19.3 Å². The molecule has 2 aliphatic rings. The van der Waals surface area contributed by atoms with Crippen LogP contribution in [-0.4, -0.2) is 76.9 Å². The maximum absolute atomic E-state index is 12.8. The van der Waals surface area contributed by atoms with Gasteiger partial charge in [0.1, 0.15) is 0 Å². The number of likely N-dealkylation sites (tertiary alicyclic amines) is 1. The summed E-state index contributed by atoms with van der Waals surface area (Å²) >= 11 is 0. The smallest absolute Gasteiger partial charge is 0.253 e. The lowest BCUT2D eigenvalue weighted by molar-refractivity contribution is -0.133. The Labute approximate surface area is 166 Å². The van der Waals surface area contributed by atoms with Crippen molar-refractivity contribution in [2.45, 2.75) is 19.3 Å². The molecule has 2 aliphatic heterocycles. The number of rotatable bonds is 4. The van der Waals surface area contributed by atoms with Gasteiger partial charge in [-0.25, -0.2) is 0 Å². The minimum atomic E-state index is 0.0704. The molecule has 0 spiro atoms. The number of hydrogen-bond donors (Lipinski definition) is 0. The number of piperidine rings is 1. The summed E-state index contributed by atoms with van der Waals surface area (Å²) in [6.45, 7) is 5.14. The van der Waals surface area contributed by atoms with Gasteiger partial charge in [0, 0.05) is 62.9 Å². The van der Waals surface area contributed by atoms with Crippen LogP contribution in [0.15, 0.2) is 48.8 Å². The van der Waals surface area contributed by atoms with Crippen LogP contribution in [0.2, 0.25) is 0 Å². The first-order valence-corrected chi connectivity index (χ1v) is 10.2. The van der Waals surface area contributed by atoms with Gasteiger partial charge in [-0.3, -0.25) is 14.5 Å². The largest absolute Gasteiger partial charge is 0.342 e. The Morgan fingerprint density at radius 2 is 1.39 bits per heavy atom. The number of carbonyl (C=O) groups is 2. The Balaban J connectivity index is 1.28. The fraction of sp³-hybridized carbons (Fsp3) is 0.455. The Morgan fingerprint density at radius 1 is 0.750 bits per heavy atom. The van der Waals surface area contributed by atoms with E-state index < -0.39 is 0 Å². The third kappa shape index (κ3) is 4.28. The number of carbonyl (C=O) groups excluding carboxylic acids is 2. The molecule has 0 aliphatic carbocycles. The molecular formula is C22H28N4O2. The minimum absolute atomic E-state index is 0.0704. The van der Waals surface area contributed by atoms with E-state index in [1.54, 1.807) is 0 Å². The predicted octanol–water partition coefficient (Wildman–Crippen LogP) is 2.25. The van der Waals surface area contributed by atoms with Crippen LogP contribution in [0.25, 0.3) is 5.69 Å². The van der Waals surface area contributed by atoms with Crippen molar-refractivity contribution in [3.63, 3.8) is 0 Å². The third-order valence-corrected chi connectivity index (χ3v) is 5.74. The van der Waals surface area contributed by atoms with E-state index in [1.165, 1.54) is 6.42 Å². The molecule has 1 aromatic heterocycles. The Bertz CT molecular complexity index is 786. The summed E-state index contributed by atoms with van der Waals surface area (Å²) in [6.07, 6.45) is 7.45. The molecule has 1 aromatic carbocycles. The lowest BCUT2D eigenvalue weighted by atomic mass is 10.1. The molecule has 0 atom stereocenters. The van der Waals surface area contributed by atoms with Gasteiger partial charge in [-0.2, -0.15) is 0 Å². The quantitative estimate of drug-likeness (QED) is 0.817. The second kappa shape index (κ2) is 8.61. The standard InChI is InChI=1S/C22H28N4O2/c27-21(25-12-2-1-3-13-25)18-23-14-16-26(17-15-23)22(28)19-6-8-20(9-7-19)24-10-4-5-11-24/h4-11H,1-3,12-18H2. The SMILES string of the molecule is O=C(CN1CCN(C(=O)c2ccc(-n3cccc3)cc2)CC1)N1CCCCC1. The van der Waals surface area contributed by atoms with Crippen LogP contribution in [0, 0.1) is 0 Å². The fourth-order valence-electron chi connectivity index (χ4n) is 4.01. The van der Waals surface area contributed by atoms with Crippen LogP contribution in [0.4, 0.5) is 0 Å². The number of nitrogens with zero attached hydrogens (tertiary/aromatic N) is 4. The maximum Gasteiger partial charge on any atom is 0.253 e. The molecular weight excluding hydrogens is 352 g/mol. The number of hydrogen-bond acceptors (Lipinski definition) is 3. The molecule has 2 fully saturated rings. The van der Waals surface area contributed by atoms with Crippen LogP contribution in [0.5, 0.6) is 0 Å². The van der Waals surface area contributed by atoms with Crippen molar-refractivity contribution in [3.8, 4) is 5.69 Å². The third-order valence-electron chi connectivity index (χ3n) is 5.74. The zero-order valence-corrected chi connectivity index (χ0v) is 16.3. The highest BCUT2D eigenvalue weighted by molar-refractivity contribution is 5.94. The van der Waals surface area contributed by atoms with Crippen molar-refractivity contribution >= 4 is 11.8 Å². The van der Waals surface area contributed by atoms with E-state index in [-0.39, 0.29) is 11.8 Å². The van der Waals surface area contributed by atoms with E-state index in [9.17, 15) is 9.59 Å². The Morgan fingerprint density at radius 3 is 2.04 bits per heavy atom. The Kier molecular flexibility index (Phi) is 5.76. The number of piperazine rings is 1. The molecule has 6 heteroatoms. The average molecular weight is 380 g/mol. The summed E-state index contributed by atoms with van der Waals surface area (Å²) in [4.78, 5) is 31.3. The summed E-state index contributed by atoms with van der Waals surface area (Å²) in [5, 5.41) is 0. The van der Waals surface area contributed by atoms with E-state index in [1.807, 2.05) is 63.2 Å². The van der Waals surface area contributed by atoms with Crippen LogP contribution < -0.4 is 0 Å². The zero-order chi connectivity index (χ0) is 19.3. The summed E-state index contributed by atoms with van der Waals surface area (Å²) in [6, 6.07) is 11.7. The second-order valence-corrected chi connectivity index (χ2v) is 7.65. The number of amides is 2. The summed E-state index contributed by atoms with van der Waals surface area (Å²) < 4.78 is 2.02. The van der Waals surface area contributed by atoms with Crippen molar-refractivity contribution in [2.24, 2.45) is 0 Å². The van der Waals surface area contributed by atoms with Crippen LogP contribution >= 0.6 is 0 Å². The highest BCUT2D eigenvalue weighted by Crippen LogP contribution is 2.14. The van der Waals surface area contributed by atoms with E-state index in [0.29, 0.717) is 25.2 Å². The first kappa shape index (κ1) is 18.7.